The van der Waals surface area contributed by atoms with Gasteiger partial charge < -0.3 is 11.1 Å². The van der Waals surface area contributed by atoms with E-state index in [9.17, 15) is 0 Å². The van der Waals surface area contributed by atoms with Gasteiger partial charge in [0, 0.05) is 13.1 Å². The zero-order chi connectivity index (χ0) is 11.1. The van der Waals surface area contributed by atoms with Gasteiger partial charge in [0.2, 0.25) is 0 Å². The number of hydrogen-bond donors (Lipinski definition) is 2. The van der Waals surface area contributed by atoms with Crippen molar-refractivity contribution in [3.05, 3.63) is 0 Å². The van der Waals surface area contributed by atoms with Crippen molar-refractivity contribution in [1.29, 1.82) is 0 Å². The number of nitrogens with zero attached hydrogens (tertiary/aromatic N) is 1. The summed E-state index contributed by atoms with van der Waals surface area (Å²) >= 11 is 0. The third kappa shape index (κ3) is 5.92. The largest absolute Gasteiger partial charge is 0.370 e. The molecule has 0 heterocycles. The molecule has 0 aromatic rings. The van der Waals surface area contributed by atoms with Crippen LogP contribution in [0.25, 0.3) is 0 Å². The van der Waals surface area contributed by atoms with Gasteiger partial charge in [0.1, 0.15) is 0 Å². The van der Waals surface area contributed by atoms with E-state index in [0.717, 1.165) is 31.3 Å². The standard InChI is InChI=1S/C12H25N3.HI/c1-3-8-14-12(13)15-9-11-7-5-4-6-10(11)2;/h10-11H,3-9H2,1-2H3,(H3,13,14,15);1H. The molecule has 0 aliphatic heterocycles. The number of nitrogens with two attached hydrogens (primary N) is 1. The van der Waals surface area contributed by atoms with Crippen LogP contribution in [0.3, 0.4) is 0 Å². The zero-order valence-corrected chi connectivity index (χ0v) is 12.9. The van der Waals surface area contributed by atoms with E-state index in [2.05, 4.69) is 24.2 Å². The molecule has 3 nitrogen and oxygen atoms in total. The first-order valence-corrected chi connectivity index (χ1v) is 6.27. The van der Waals surface area contributed by atoms with Crippen LogP contribution in [0.4, 0.5) is 0 Å². The minimum atomic E-state index is 0. The quantitative estimate of drug-likeness (QED) is 0.470. The lowest BCUT2D eigenvalue weighted by Crippen LogP contribution is -2.33. The molecule has 0 radical (unpaired) electrons. The SMILES string of the molecule is CCCNC(N)=NCC1CCCCC1C.I. The number of hydrogen-bond acceptors (Lipinski definition) is 1. The average molecular weight is 339 g/mol. The Morgan fingerprint density at radius 2 is 2.06 bits per heavy atom. The lowest BCUT2D eigenvalue weighted by Gasteiger charge is -2.27. The topological polar surface area (TPSA) is 50.4 Å². The van der Waals surface area contributed by atoms with Gasteiger partial charge in [-0.3, -0.25) is 4.99 Å². The van der Waals surface area contributed by atoms with E-state index in [4.69, 9.17) is 5.73 Å². The molecule has 2 unspecified atom stereocenters. The van der Waals surface area contributed by atoms with Gasteiger partial charge in [0.25, 0.3) is 0 Å². The Kier molecular flexibility index (Phi) is 9.07. The van der Waals surface area contributed by atoms with Crippen molar-refractivity contribution >= 4 is 29.9 Å². The molecule has 0 aromatic heterocycles. The highest BCUT2D eigenvalue weighted by molar-refractivity contribution is 14.0. The van der Waals surface area contributed by atoms with Gasteiger partial charge in [0.15, 0.2) is 5.96 Å². The van der Waals surface area contributed by atoms with E-state index in [-0.39, 0.29) is 24.0 Å². The van der Waals surface area contributed by atoms with E-state index in [1.165, 1.54) is 25.7 Å². The van der Waals surface area contributed by atoms with Gasteiger partial charge in [0.05, 0.1) is 0 Å². The van der Waals surface area contributed by atoms with Crippen LogP contribution in [0.1, 0.15) is 46.0 Å². The molecule has 1 rings (SSSR count). The molecule has 0 bridgehead atoms. The minimum absolute atomic E-state index is 0. The Bertz CT molecular complexity index is 206. The summed E-state index contributed by atoms with van der Waals surface area (Å²) in [5.41, 5.74) is 5.76. The van der Waals surface area contributed by atoms with Crippen molar-refractivity contribution in [2.24, 2.45) is 22.6 Å². The highest BCUT2D eigenvalue weighted by Crippen LogP contribution is 2.29. The highest BCUT2D eigenvalue weighted by atomic mass is 127. The first-order chi connectivity index (χ1) is 7.24. The number of aliphatic imine (C=N–C) groups is 1. The van der Waals surface area contributed by atoms with Crippen LogP contribution in [0.15, 0.2) is 4.99 Å². The van der Waals surface area contributed by atoms with Crippen LogP contribution in [0.5, 0.6) is 0 Å². The lowest BCUT2D eigenvalue weighted by molar-refractivity contribution is 0.263. The molecule has 3 N–H and O–H groups in total. The van der Waals surface area contributed by atoms with Gasteiger partial charge in [-0.2, -0.15) is 0 Å². The predicted molar refractivity (Wildman–Crippen MR) is 81.3 cm³/mol. The molecule has 1 aliphatic carbocycles. The second kappa shape index (κ2) is 9.07. The second-order valence-corrected chi connectivity index (χ2v) is 4.67. The number of nitrogens with one attached hydrogen (secondary N) is 1. The molecule has 4 heteroatoms. The van der Waals surface area contributed by atoms with Crippen molar-refractivity contribution in [3.63, 3.8) is 0 Å². The Labute approximate surface area is 117 Å². The average Bonchev–Trinajstić information content (AvgIpc) is 2.25. The van der Waals surface area contributed by atoms with Crippen LogP contribution in [-0.4, -0.2) is 19.0 Å². The molecule has 0 spiro atoms. The fourth-order valence-electron chi connectivity index (χ4n) is 2.19. The smallest absolute Gasteiger partial charge is 0.188 e. The van der Waals surface area contributed by atoms with Gasteiger partial charge >= 0.3 is 0 Å². The summed E-state index contributed by atoms with van der Waals surface area (Å²) in [5.74, 6) is 2.19. The summed E-state index contributed by atoms with van der Waals surface area (Å²) in [7, 11) is 0. The van der Waals surface area contributed by atoms with Gasteiger partial charge in [-0.1, -0.05) is 33.1 Å². The molecular formula is C12H26IN3. The van der Waals surface area contributed by atoms with Crippen molar-refractivity contribution in [2.45, 2.75) is 46.0 Å². The summed E-state index contributed by atoms with van der Waals surface area (Å²) in [6, 6.07) is 0. The molecule has 1 saturated carbocycles. The normalized spacial score (nSPS) is 26.0. The maximum atomic E-state index is 5.76. The van der Waals surface area contributed by atoms with E-state index < -0.39 is 0 Å². The number of rotatable bonds is 4. The summed E-state index contributed by atoms with van der Waals surface area (Å²) in [4.78, 5) is 4.42. The second-order valence-electron chi connectivity index (χ2n) is 4.67. The fraction of sp³-hybridized carbons (Fsp3) is 0.917. The summed E-state index contributed by atoms with van der Waals surface area (Å²) in [5, 5.41) is 3.11. The van der Waals surface area contributed by atoms with E-state index in [0.29, 0.717) is 5.96 Å². The molecule has 1 aliphatic rings. The first kappa shape index (κ1) is 16.0. The van der Waals surface area contributed by atoms with E-state index >= 15 is 0 Å². The van der Waals surface area contributed by atoms with Crippen molar-refractivity contribution in [2.75, 3.05) is 13.1 Å². The highest BCUT2D eigenvalue weighted by Gasteiger charge is 2.20. The molecule has 0 amide bonds. The molecular weight excluding hydrogens is 313 g/mol. The predicted octanol–water partition coefficient (Wildman–Crippen LogP) is 2.75. The van der Waals surface area contributed by atoms with E-state index in [1.54, 1.807) is 0 Å². The summed E-state index contributed by atoms with van der Waals surface area (Å²) < 4.78 is 0. The minimum Gasteiger partial charge on any atom is -0.370 e. The molecule has 0 aromatic carbocycles. The number of halogens is 1. The first-order valence-electron chi connectivity index (χ1n) is 6.27. The lowest BCUT2D eigenvalue weighted by atomic mass is 9.80. The Morgan fingerprint density at radius 3 is 2.69 bits per heavy atom. The summed E-state index contributed by atoms with van der Waals surface area (Å²) in [6.07, 6.45) is 6.54. The van der Waals surface area contributed by atoms with Crippen LogP contribution in [0.2, 0.25) is 0 Å². The van der Waals surface area contributed by atoms with Crippen molar-refractivity contribution in [1.82, 2.24) is 5.32 Å². The van der Waals surface area contributed by atoms with Crippen LogP contribution in [-0.2, 0) is 0 Å². The number of guanidine groups is 1. The maximum Gasteiger partial charge on any atom is 0.188 e. The van der Waals surface area contributed by atoms with Crippen LogP contribution in [0, 0.1) is 11.8 Å². The molecule has 16 heavy (non-hydrogen) atoms. The Morgan fingerprint density at radius 1 is 1.38 bits per heavy atom. The van der Waals surface area contributed by atoms with Gasteiger partial charge in [-0.15, -0.1) is 24.0 Å². The van der Waals surface area contributed by atoms with Gasteiger partial charge in [-0.25, -0.2) is 0 Å². The summed E-state index contributed by atoms with van der Waals surface area (Å²) in [6.45, 7) is 6.30. The van der Waals surface area contributed by atoms with E-state index in [1.807, 2.05) is 0 Å². The molecule has 2 atom stereocenters. The Hall–Kier alpha value is 0. The monoisotopic (exact) mass is 339 g/mol. The zero-order valence-electron chi connectivity index (χ0n) is 10.5. The molecule has 0 saturated heterocycles. The molecule has 96 valence electrons. The maximum absolute atomic E-state index is 5.76. The molecule has 1 fully saturated rings. The fourth-order valence-corrected chi connectivity index (χ4v) is 2.19. The third-order valence-corrected chi connectivity index (χ3v) is 3.34. The van der Waals surface area contributed by atoms with Crippen molar-refractivity contribution in [3.8, 4) is 0 Å². The van der Waals surface area contributed by atoms with Crippen LogP contribution < -0.4 is 11.1 Å². The van der Waals surface area contributed by atoms with Gasteiger partial charge in [-0.05, 0) is 24.7 Å². The third-order valence-electron chi connectivity index (χ3n) is 3.34. The van der Waals surface area contributed by atoms with Crippen LogP contribution >= 0.6 is 24.0 Å². The Balaban J connectivity index is 0.00000225. The van der Waals surface area contributed by atoms with Crippen molar-refractivity contribution < 1.29 is 0 Å².